The van der Waals surface area contributed by atoms with E-state index in [9.17, 15) is 4.79 Å². The highest BCUT2D eigenvalue weighted by atomic mass is 79.9. The standard InChI is InChI=1S/C21H18ClN3O3S.BrH/c22-14-10-16(18-13-29-21-23-6-7-25(18)21)20-17(11-14)24(19(26)12-28-20)8-9-27-15-4-2-1-3-5-15;/h1-5,10-11,13H,6-9,12H2;1H. The van der Waals surface area contributed by atoms with Gasteiger partial charge in [-0.15, -0.1) is 17.0 Å². The number of anilines is 1. The van der Waals surface area contributed by atoms with E-state index in [1.807, 2.05) is 36.4 Å². The summed E-state index contributed by atoms with van der Waals surface area (Å²) in [5, 5.41) is 3.61. The van der Waals surface area contributed by atoms with Crippen molar-refractivity contribution in [3.63, 3.8) is 0 Å². The van der Waals surface area contributed by atoms with Crippen molar-refractivity contribution < 1.29 is 14.3 Å². The van der Waals surface area contributed by atoms with Crippen molar-refractivity contribution in [2.45, 2.75) is 0 Å². The van der Waals surface area contributed by atoms with Crippen molar-refractivity contribution in [1.29, 1.82) is 0 Å². The summed E-state index contributed by atoms with van der Waals surface area (Å²) in [6, 6.07) is 13.2. The Hall–Kier alpha value is -2.16. The zero-order valence-corrected chi connectivity index (χ0v) is 19.2. The summed E-state index contributed by atoms with van der Waals surface area (Å²) in [5.74, 6) is 1.34. The van der Waals surface area contributed by atoms with Gasteiger partial charge in [-0.1, -0.05) is 41.6 Å². The second kappa shape index (κ2) is 8.91. The molecule has 0 radical (unpaired) electrons. The van der Waals surface area contributed by atoms with Crippen LogP contribution in [0, 0.1) is 0 Å². The smallest absolute Gasteiger partial charge is 0.265 e. The number of amides is 1. The van der Waals surface area contributed by atoms with Crippen molar-refractivity contribution in [3.05, 3.63) is 58.5 Å². The third kappa shape index (κ3) is 3.91. The lowest BCUT2D eigenvalue weighted by Gasteiger charge is -2.32. The van der Waals surface area contributed by atoms with Gasteiger partial charge in [0.1, 0.15) is 12.4 Å². The number of carbonyl (C=O) groups is 1. The number of carbonyl (C=O) groups excluding carboxylic acids is 1. The van der Waals surface area contributed by atoms with Gasteiger partial charge in [0.2, 0.25) is 0 Å². The van der Waals surface area contributed by atoms with Crippen molar-refractivity contribution in [2.75, 3.05) is 37.7 Å². The zero-order valence-electron chi connectivity index (χ0n) is 15.9. The maximum atomic E-state index is 12.6. The number of fused-ring (bicyclic) bond motifs is 2. The quantitative estimate of drug-likeness (QED) is 0.598. The monoisotopic (exact) mass is 507 g/mol. The molecule has 2 aromatic carbocycles. The van der Waals surface area contributed by atoms with Crippen LogP contribution in [0.15, 0.2) is 52.9 Å². The number of benzene rings is 2. The highest BCUT2D eigenvalue weighted by Crippen LogP contribution is 2.45. The molecule has 0 aromatic heterocycles. The first-order valence-electron chi connectivity index (χ1n) is 9.34. The van der Waals surface area contributed by atoms with Crippen LogP contribution in [0.1, 0.15) is 5.56 Å². The number of rotatable bonds is 5. The summed E-state index contributed by atoms with van der Waals surface area (Å²) in [7, 11) is 0. The number of nitrogens with zero attached hydrogens (tertiary/aromatic N) is 3. The average Bonchev–Trinajstić information content (AvgIpc) is 3.34. The zero-order chi connectivity index (χ0) is 19.8. The third-order valence-corrected chi connectivity index (χ3v) is 6.06. The molecule has 0 unspecified atom stereocenters. The van der Waals surface area contributed by atoms with Crippen molar-refractivity contribution in [2.24, 2.45) is 4.99 Å². The maximum absolute atomic E-state index is 12.6. The van der Waals surface area contributed by atoms with Gasteiger partial charge in [0.15, 0.2) is 17.5 Å². The molecule has 3 aliphatic rings. The molecule has 0 atom stereocenters. The Morgan fingerprint density at radius 2 is 2.07 bits per heavy atom. The SMILES string of the molecule is Br.O=C1COc2c(C3=CSC4=NCCN34)cc(Cl)cc2N1CCOc1ccccc1. The van der Waals surface area contributed by atoms with Crippen LogP contribution in [0.4, 0.5) is 5.69 Å². The second-order valence-corrected chi connectivity index (χ2v) is 8.01. The lowest BCUT2D eigenvalue weighted by Crippen LogP contribution is -2.41. The van der Waals surface area contributed by atoms with Crippen LogP contribution >= 0.6 is 40.3 Å². The van der Waals surface area contributed by atoms with E-state index in [0.29, 0.717) is 29.6 Å². The van der Waals surface area contributed by atoms with Crippen LogP contribution in [0.25, 0.3) is 5.70 Å². The molecule has 0 spiro atoms. The number of hydrogen-bond acceptors (Lipinski definition) is 6. The summed E-state index contributed by atoms with van der Waals surface area (Å²) in [5.41, 5.74) is 2.57. The van der Waals surface area contributed by atoms with Crippen molar-refractivity contribution in [1.82, 2.24) is 4.90 Å². The molecular formula is C21H19BrClN3O3S. The summed E-state index contributed by atoms with van der Waals surface area (Å²) in [4.78, 5) is 20.9. The van der Waals surface area contributed by atoms with Crippen LogP contribution in [-0.2, 0) is 4.79 Å². The number of ether oxygens (including phenoxy) is 2. The highest BCUT2D eigenvalue weighted by molar-refractivity contribution is 8.93. The van der Waals surface area contributed by atoms with E-state index in [2.05, 4.69) is 15.3 Å². The first kappa shape index (κ1) is 21.1. The van der Waals surface area contributed by atoms with Crippen LogP contribution in [0.3, 0.4) is 0 Å². The fourth-order valence-corrected chi connectivity index (χ4v) is 4.78. The third-order valence-electron chi connectivity index (χ3n) is 4.94. The molecule has 0 saturated carbocycles. The number of halogens is 2. The summed E-state index contributed by atoms with van der Waals surface area (Å²) in [6.45, 7) is 2.40. The van der Waals surface area contributed by atoms with E-state index in [1.165, 1.54) is 0 Å². The van der Waals surface area contributed by atoms with E-state index in [0.717, 1.165) is 35.3 Å². The Bertz CT molecular complexity index is 1030. The van der Waals surface area contributed by atoms with Crippen LogP contribution in [0.5, 0.6) is 11.5 Å². The minimum absolute atomic E-state index is 0. The van der Waals surface area contributed by atoms with Crippen LogP contribution in [-0.4, -0.2) is 48.8 Å². The Kier molecular flexibility index (Phi) is 6.26. The van der Waals surface area contributed by atoms with Gasteiger partial charge >= 0.3 is 0 Å². The Balaban J connectivity index is 0.00000218. The molecule has 5 rings (SSSR count). The normalized spacial score (nSPS) is 16.9. The largest absolute Gasteiger partial charge is 0.492 e. The van der Waals surface area contributed by atoms with E-state index in [-0.39, 0.29) is 29.5 Å². The van der Waals surface area contributed by atoms with Gasteiger partial charge in [-0.2, -0.15) is 0 Å². The molecule has 30 heavy (non-hydrogen) atoms. The number of aliphatic imine (C=N–C) groups is 1. The van der Waals surface area contributed by atoms with Crippen molar-refractivity contribution >= 4 is 62.8 Å². The lowest BCUT2D eigenvalue weighted by molar-refractivity contribution is -0.121. The Morgan fingerprint density at radius 1 is 1.23 bits per heavy atom. The summed E-state index contributed by atoms with van der Waals surface area (Å²) >= 11 is 8.04. The molecule has 0 bridgehead atoms. The molecule has 9 heteroatoms. The first-order valence-corrected chi connectivity index (χ1v) is 10.6. The lowest BCUT2D eigenvalue weighted by atomic mass is 10.1. The summed E-state index contributed by atoms with van der Waals surface area (Å²) < 4.78 is 11.7. The number of amidine groups is 1. The molecule has 6 nitrogen and oxygen atoms in total. The van der Waals surface area contributed by atoms with Gasteiger partial charge in [0.25, 0.3) is 5.91 Å². The number of hydrogen-bond donors (Lipinski definition) is 0. The molecule has 0 fully saturated rings. The molecular weight excluding hydrogens is 490 g/mol. The minimum atomic E-state index is -0.111. The van der Waals surface area contributed by atoms with Gasteiger partial charge in [-0.25, -0.2) is 0 Å². The predicted molar refractivity (Wildman–Crippen MR) is 126 cm³/mol. The Labute approximate surface area is 194 Å². The molecule has 0 aliphatic carbocycles. The van der Waals surface area contributed by atoms with Crippen molar-refractivity contribution in [3.8, 4) is 11.5 Å². The fraction of sp³-hybridized carbons (Fsp3) is 0.238. The van der Waals surface area contributed by atoms with E-state index in [1.54, 1.807) is 22.7 Å². The van der Waals surface area contributed by atoms with E-state index in [4.69, 9.17) is 21.1 Å². The van der Waals surface area contributed by atoms with E-state index < -0.39 is 0 Å². The van der Waals surface area contributed by atoms with Gasteiger partial charge in [0, 0.05) is 22.5 Å². The van der Waals surface area contributed by atoms with Crippen LogP contribution < -0.4 is 14.4 Å². The van der Waals surface area contributed by atoms with Gasteiger partial charge in [-0.3, -0.25) is 9.79 Å². The topological polar surface area (TPSA) is 54.4 Å². The minimum Gasteiger partial charge on any atom is -0.492 e. The van der Waals surface area contributed by atoms with Gasteiger partial charge < -0.3 is 19.3 Å². The van der Waals surface area contributed by atoms with Gasteiger partial charge in [0.05, 0.1) is 24.5 Å². The first-order chi connectivity index (χ1) is 14.2. The maximum Gasteiger partial charge on any atom is 0.265 e. The molecule has 2 aromatic rings. The molecule has 1 amide bonds. The second-order valence-electron chi connectivity index (χ2n) is 6.73. The average molecular weight is 509 g/mol. The van der Waals surface area contributed by atoms with E-state index >= 15 is 0 Å². The van der Waals surface area contributed by atoms with Gasteiger partial charge in [-0.05, 0) is 24.3 Å². The fourth-order valence-electron chi connectivity index (χ4n) is 3.62. The predicted octanol–water partition coefficient (Wildman–Crippen LogP) is 4.44. The molecule has 3 aliphatic heterocycles. The van der Waals surface area contributed by atoms with Crippen LogP contribution in [0.2, 0.25) is 5.02 Å². The highest BCUT2D eigenvalue weighted by Gasteiger charge is 2.34. The molecule has 0 N–H and O–H groups in total. The molecule has 3 heterocycles. The number of para-hydroxylation sites is 1. The number of thioether (sulfide) groups is 1. The Morgan fingerprint density at radius 3 is 2.90 bits per heavy atom. The molecule has 0 saturated heterocycles. The summed E-state index contributed by atoms with van der Waals surface area (Å²) in [6.07, 6.45) is 0. The molecule has 156 valence electrons.